The number of hydrogen-bond acceptors (Lipinski definition) is 5. The van der Waals surface area contributed by atoms with E-state index < -0.39 is 0 Å². The first kappa shape index (κ1) is 18.7. The number of hydrogen-bond donors (Lipinski definition) is 1. The van der Waals surface area contributed by atoms with Crippen LogP contribution in [0, 0.1) is 0 Å². The van der Waals surface area contributed by atoms with Crippen LogP contribution in [0.1, 0.15) is 50.0 Å². The van der Waals surface area contributed by atoms with Crippen LogP contribution in [0.2, 0.25) is 0 Å². The normalized spacial score (nSPS) is 13.8. The van der Waals surface area contributed by atoms with E-state index >= 15 is 0 Å². The van der Waals surface area contributed by atoms with Crippen LogP contribution >= 0.6 is 11.8 Å². The molecule has 0 atom stereocenters. The van der Waals surface area contributed by atoms with E-state index in [2.05, 4.69) is 37.3 Å². The van der Waals surface area contributed by atoms with Gasteiger partial charge in [0.15, 0.2) is 5.16 Å². The smallest absolute Gasteiger partial charge is 0.235 e. The van der Waals surface area contributed by atoms with Crippen molar-refractivity contribution in [2.24, 2.45) is 0 Å². The summed E-state index contributed by atoms with van der Waals surface area (Å²) in [5.74, 6) is 2.45. The van der Waals surface area contributed by atoms with E-state index in [1.165, 1.54) is 17.3 Å². The number of nitrogens with zero attached hydrogens (tertiary/aromatic N) is 5. The summed E-state index contributed by atoms with van der Waals surface area (Å²) >= 11 is 1.42. The van der Waals surface area contributed by atoms with E-state index in [1.807, 2.05) is 38.1 Å². The van der Waals surface area contributed by atoms with E-state index in [9.17, 15) is 4.79 Å². The maximum absolute atomic E-state index is 12.5. The minimum absolute atomic E-state index is 0.0744. The Balaban J connectivity index is 1.44. The Morgan fingerprint density at radius 1 is 1.21 bits per heavy atom. The Bertz CT molecular complexity index is 945. The van der Waals surface area contributed by atoms with Crippen molar-refractivity contribution in [1.29, 1.82) is 0 Å². The van der Waals surface area contributed by atoms with Crippen LogP contribution in [0.15, 0.2) is 47.8 Å². The number of anilines is 1. The lowest BCUT2D eigenvalue weighted by Crippen LogP contribution is -2.18. The van der Waals surface area contributed by atoms with Crippen molar-refractivity contribution in [2.75, 3.05) is 11.1 Å². The molecule has 2 aromatic heterocycles. The van der Waals surface area contributed by atoms with E-state index in [0.717, 1.165) is 30.4 Å². The Labute approximate surface area is 168 Å². The first-order chi connectivity index (χ1) is 13.6. The quantitative estimate of drug-likeness (QED) is 0.587. The second-order valence-electron chi connectivity index (χ2n) is 7.28. The monoisotopic (exact) mass is 396 g/mol. The van der Waals surface area contributed by atoms with Crippen LogP contribution in [-0.4, -0.2) is 36.2 Å². The predicted octanol–water partition coefficient (Wildman–Crippen LogP) is 3.71. The van der Waals surface area contributed by atoms with E-state index in [0.29, 0.717) is 11.7 Å². The standard InChI is InChI=1S/C20H24N6OS/c1-14(2)26-17(10-11-21-26)22-18(27)13-28-20-24-23-19(16-8-9-16)25(20)12-15-6-4-3-5-7-15/h3-7,10-11,14,16H,8-9,12-13H2,1-2H3,(H,22,27). The van der Waals surface area contributed by atoms with Crippen molar-refractivity contribution in [3.8, 4) is 0 Å². The van der Waals surface area contributed by atoms with Crippen LogP contribution in [0.25, 0.3) is 0 Å². The lowest BCUT2D eigenvalue weighted by molar-refractivity contribution is -0.113. The SMILES string of the molecule is CC(C)n1nccc1NC(=O)CSc1nnc(C2CC2)n1Cc1ccccc1. The van der Waals surface area contributed by atoms with Gasteiger partial charge in [-0.1, -0.05) is 42.1 Å². The summed E-state index contributed by atoms with van der Waals surface area (Å²) < 4.78 is 3.95. The molecule has 4 rings (SSSR count). The van der Waals surface area contributed by atoms with Gasteiger partial charge in [0.1, 0.15) is 11.6 Å². The number of aromatic nitrogens is 5. The highest BCUT2D eigenvalue weighted by atomic mass is 32.2. The van der Waals surface area contributed by atoms with Gasteiger partial charge in [-0.15, -0.1) is 10.2 Å². The zero-order valence-corrected chi connectivity index (χ0v) is 16.9. The van der Waals surface area contributed by atoms with Gasteiger partial charge < -0.3 is 9.88 Å². The molecule has 0 aliphatic heterocycles. The van der Waals surface area contributed by atoms with Gasteiger partial charge >= 0.3 is 0 Å². The molecule has 3 aromatic rings. The molecule has 1 N–H and O–H groups in total. The second-order valence-corrected chi connectivity index (χ2v) is 8.22. The Kier molecular flexibility index (Phi) is 5.47. The number of rotatable bonds is 8. The first-order valence-electron chi connectivity index (χ1n) is 9.55. The fourth-order valence-corrected chi connectivity index (χ4v) is 3.84. The third-order valence-corrected chi connectivity index (χ3v) is 5.60. The van der Waals surface area contributed by atoms with Gasteiger partial charge in [0.05, 0.1) is 18.5 Å². The average molecular weight is 397 g/mol. The van der Waals surface area contributed by atoms with Crippen molar-refractivity contribution in [3.63, 3.8) is 0 Å². The van der Waals surface area contributed by atoms with Gasteiger partial charge in [-0.3, -0.25) is 4.79 Å². The molecule has 0 unspecified atom stereocenters. The topological polar surface area (TPSA) is 77.6 Å². The summed E-state index contributed by atoms with van der Waals surface area (Å²) in [6, 6.07) is 12.3. The van der Waals surface area contributed by atoms with Crippen LogP contribution in [-0.2, 0) is 11.3 Å². The van der Waals surface area contributed by atoms with E-state index in [4.69, 9.17) is 0 Å². The maximum atomic E-state index is 12.5. The summed E-state index contributed by atoms with van der Waals surface area (Å²) in [5, 5.41) is 16.8. The van der Waals surface area contributed by atoms with Gasteiger partial charge in [0.25, 0.3) is 0 Å². The van der Waals surface area contributed by atoms with Gasteiger partial charge in [0, 0.05) is 18.0 Å². The highest BCUT2D eigenvalue weighted by Gasteiger charge is 2.30. The maximum Gasteiger partial charge on any atom is 0.235 e. The molecule has 146 valence electrons. The Morgan fingerprint density at radius 2 is 2.00 bits per heavy atom. The van der Waals surface area contributed by atoms with Crippen LogP contribution in [0.3, 0.4) is 0 Å². The van der Waals surface area contributed by atoms with Gasteiger partial charge in [-0.05, 0) is 32.3 Å². The molecule has 0 radical (unpaired) electrons. The zero-order chi connectivity index (χ0) is 19.5. The molecule has 1 aliphatic carbocycles. The largest absolute Gasteiger partial charge is 0.310 e. The molecule has 1 aromatic carbocycles. The van der Waals surface area contributed by atoms with Crippen molar-refractivity contribution < 1.29 is 4.79 Å². The van der Waals surface area contributed by atoms with Gasteiger partial charge in [-0.2, -0.15) is 5.10 Å². The number of carbonyl (C=O) groups excluding carboxylic acids is 1. The molecule has 2 heterocycles. The third kappa shape index (κ3) is 4.27. The fraction of sp³-hybridized carbons (Fsp3) is 0.400. The summed E-state index contributed by atoms with van der Waals surface area (Å²) in [5.41, 5.74) is 1.20. The molecule has 7 nitrogen and oxygen atoms in total. The van der Waals surface area contributed by atoms with Crippen LogP contribution in [0.5, 0.6) is 0 Å². The molecule has 0 spiro atoms. The Morgan fingerprint density at radius 3 is 2.71 bits per heavy atom. The molecule has 0 bridgehead atoms. The molecule has 1 fully saturated rings. The summed E-state index contributed by atoms with van der Waals surface area (Å²) in [6.45, 7) is 4.79. The highest BCUT2D eigenvalue weighted by Crippen LogP contribution is 2.40. The average Bonchev–Trinajstić information content (AvgIpc) is 3.29. The summed E-state index contributed by atoms with van der Waals surface area (Å²) in [7, 11) is 0. The first-order valence-corrected chi connectivity index (χ1v) is 10.5. The summed E-state index contributed by atoms with van der Waals surface area (Å²) in [4.78, 5) is 12.5. The Hall–Kier alpha value is -2.61. The minimum Gasteiger partial charge on any atom is -0.310 e. The molecule has 28 heavy (non-hydrogen) atoms. The van der Waals surface area contributed by atoms with Crippen LogP contribution < -0.4 is 5.32 Å². The molecule has 1 amide bonds. The lowest BCUT2D eigenvalue weighted by atomic mass is 10.2. The van der Waals surface area contributed by atoms with E-state index in [1.54, 1.807) is 10.9 Å². The van der Waals surface area contributed by atoms with Crippen molar-refractivity contribution in [2.45, 2.75) is 50.4 Å². The third-order valence-electron chi connectivity index (χ3n) is 4.63. The zero-order valence-electron chi connectivity index (χ0n) is 16.1. The predicted molar refractivity (Wildman–Crippen MR) is 110 cm³/mol. The molecular formula is C20H24N6OS. The van der Waals surface area contributed by atoms with Crippen molar-refractivity contribution in [1.82, 2.24) is 24.5 Å². The number of benzene rings is 1. The van der Waals surface area contributed by atoms with Crippen molar-refractivity contribution in [3.05, 3.63) is 54.0 Å². The minimum atomic E-state index is -0.0744. The lowest BCUT2D eigenvalue weighted by Gasteiger charge is -2.12. The molecule has 0 saturated heterocycles. The number of thioether (sulfide) groups is 1. The number of nitrogens with one attached hydrogen (secondary N) is 1. The van der Waals surface area contributed by atoms with Gasteiger partial charge in [0.2, 0.25) is 5.91 Å². The van der Waals surface area contributed by atoms with E-state index in [-0.39, 0.29) is 17.7 Å². The van der Waals surface area contributed by atoms with Crippen molar-refractivity contribution >= 4 is 23.5 Å². The number of amides is 1. The van der Waals surface area contributed by atoms with Gasteiger partial charge in [-0.25, -0.2) is 4.68 Å². The second kappa shape index (κ2) is 8.18. The fourth-order valence-electron chi connectivity index (χ4n) is 3.10. The number of carbonyl (C=O) groups is 1. The highest BCUT2D eigenvalue weighted by molar-refractivity contribution is 7.99. The summed E-state index contributed by atoms with van der Waals surface area (Å²) in [6.07, 6.45) is 4.02. The molecule has 1 saturated carbocycles. The molecule has 8 heteroatoms. The van der Waals surface area contributed by atoms with Crippen LogP contribution in [0.4, 0.5) is 5.82 Å². The molecule has 1 aliphatic rings. The molecular weight excluding hydrogens is 372 g/mol.